The van der Waals surface area contributed by atoms with Crippen molar-refractivity contribution in [1.82, 2.24) is 14.8 Å². The number of hydrogen-bond acceptors (Lipinski definition) is 6. The first kappa shape index (κ1) is 20.4. The number of thioether (sulfide) groups is 1. The van der Waals surface area contributed by atoms with Crippen molar-refractivity contribution in [3.63, 3.8) is 0 Å². The Morgan fingerprint density at radius 2 is 1.93 bits per heavy atom. The zero-order valence-electron chi connectivity index (χ0n) is 15.5. The maximum absolute atomic E-state index is 13.3. The van der Waals surface area contributed by atoms with Gasteiger partial charge in [0, 0.05) is 10.6 Å². The molecule has 0 saturated carbocycles. The first-order valence-electron chi connectivity index (χ1n) is 8.60. The Labute approximate surface area is 171 Å². The van der Waals surface area contributed by atoms with Crippen LogP contribution in [0.15, 0.2) is 53.7 Å². The second kappa shape index (κ2) is 9.21. The molecule has 1 aromatic heterocycles. The van der Waals surface area contributed by atoms with Gasteiger partial charge in [-0.1, -0.05) is 29.8 Å². The van der Waals surface area contributed by atoms with E-state index >= 15 is 0 Å². The Morgan fingerprint density at radius 1 is 1.24 bits per heavy atom. The maximum Gasteiger partial charge on any atom is 0.220 e. The number of nitro groups is 1. The molecule has 0 radical (unpaired) electrons. The van der Waals surface area contributed by atoms with Crippen molar-refractivity contribution in [3.8, 4) is 23.8 Å². The van der Waals surface area contributed by atoms with Crippen LogP contribution in [0.1, 0.15) is 16.6 Å². The van der Waals surface area contributed by atoms with Gasteiger partial charge < -0.3 is 4.74 Å². The normalized spacial score (nSPS) is 11.6. The average molecular weight is 412 g/mol. The molecule has 7 nitrogen and oxygen atoms in total. The highest BCUT2D eigenvalue weighted by molar-refractivity contribution is 7.99. The number of benzene rings is 2. The lowest BCUT2D eigenvalue weighted by Gasteiger charge is -2.14. The third-order valence-corrected chi connectivity index (χ3v) is 5.20. The van der Waals surface area contributed by atoms with Crippen LogP contribution >= 0.6 is 11.8 Å². The lowest BCUT2D eigenvalue weighted by atomic mass is 10.1. The van der Waals surface area contributed by atoms with Gasteiger partial charge in [-0.15, -0.1) is 16.6 Å². The second-order valence-corrected chi connectivity index (χ2v) is 7.20. The number of halogens is 1. The maximum atomic E-state index is 13.3. The molecular formula is C20H17FN4O3S. The summed E-state index contributed by atoms with van der Waals surface area (Å²) in [5.74, 6) is 3.21. The minimum Gasteiger partial charge on any atom is -0.481 e. The molecule has 0 unspecified atom stereocenters. The van der Waals surface area contributed by atoms with Crippen LogP contribution in [0.2, 0.25) is 0 Å². The number of rotatable bonds is 8. The van der Waals surface area contributed by atoms with E-state index in [9.17, 15) is 14.5 Å². The lowest BCUT2D eigenvalue weighted by Crippen LogP contribution is -2.11. The Morgan fingerprint density at radius 3 is 2.55 bits per heavy atom. The van der Waals surface area contributed by atoms with Crippen LogP contribution in [-0.2, 0) is 0 Å². The molecule has 0 amide bonds. The van der Waals surface area contributed by atoms with Crippen molar-refractivity contribution in [1.29, 1.82) is 0 Å². The topological polar surface area (TPSA) is 83.1 Å². The molecular weight excluding hydrogens is 395 g/mol. The summed E-state index contributed by atoms with van der Waals surface area (Å²) in [4.78, 5) is 10.9. The van der Waals surface area contributed by atoms with Crippen molar-refractivity contribution in [2.45, 2.75) is 17.3 Å². The fraction of sp³-hybridized carbons (Fsp3) is 0.200. The highest BCUT2D eigenvalue weighted by Gasteiger charge is 2.23. The van der Waals surface area contributed by atoms with E-state index in [-0.39, 0.29) is 23.9 Å². The molecule has 0 saturated heterocycles. The smallest absolute Gasteiger partial charge is 0.220 e. The molecule has 0 aliphatic rings. The molecule has 148 valence electrons. The largest absolute Gasteiger partial charge is 0.481 e. The highest BCUT2D eigenvalue weighted by Crippen LogP contribution is 2.36. The Hall–Kier alpha value is -3.38. The second-order valence-electron chi connectivity index (χ2n) is 6.03. The van der Waals surface area contributed by atoms with E-state index in [1.54, 1.807) is 47.9 Å². The van der Waals surface area contributed by atoms with Crippen molar-refractivity contribution >= 4 is 11.8 Å². The minimum atomic E-state index is -0.505. The van der Waals surface area contributed by atoms with Gasteiger partial charge in [0.15, 0.2) is 5.16 Å². The van der Waals surface area contributed by atoms with E-state index in [0.29, 0.717) is 22.4 Å². The Bertz CT molecular complexity index is 1030. The fourth-order valence-corrected chi connectivity index (χ4v) is 3.86. The molecule has 29 heavy (non-hydrogen) atoms. The standard InChI is InChI=1S/C20H17FN4O3S/c1-3-12-28-18-10-4-15(5-11-18)19(13-24(26)27)29-20-23-22-14(2)25(20)17-8-6-16(21)7-9-17/h1,4-11,19H,12-13H2,2H3/t19-/m0/s1. The van der Waals surface area contributed by atoms with Gasteiger partial charge in [0.25, 0.3) is 0 Å². The van der Waals surface area contributed by atoms with Gasteiger partial charge in [-0.3, -0.25) is 14.7 Å². The van der Waals surface area contributed by atoms with Gasteiger partial charge in [0.2, 0.25) is 6.54 Å². The van der Waals surface area contributed by atoms with Crippen LogP contribution in [0, 0.1) is 35.2 Å². The molecule has 0 fully saturated rings. The zero-order chi connectivity index (χ0) is 20.8. The lowest BCUT2D eigenvalue weighted by molar-refractivity contribution is -0.479. The zero-order valence-corrected chi connectivity index (χ0v) is 16.3. The number of hydrogen-bond donors (Lipinski definition) is 0. The molecule has 3 aromatic rings. The number of ether oxygens (including phenoxy) is 1. The molecule has 0 bridgehead atoms. The summed E-state index contributed by atoms with van der Waals surface area (Å²) in [5.41, 5.74) is 1.42. The summed E-state index contributed by atoms with van der Waals surface area (Å²) >= 11 is 1.22. The summed E-state index contributed by atoms with van der Waals surface area (Å²) in [5, 5.41) is 19.5. The van der Waals surface area contributed by atoms with E-state index in [1.165, 1.54) is 23.9 Å². The monoisotopic (exact) mass is 412 g/mol. The van der Waals surface area contributed by atoms with Crippen LogP contribution in [0.4, 0.5) is 4.39 Å². The Balaban J connectivity index is 1.89. The third-order valence-electron chi connectivity index (χ3n) is 4.02. The molecule has 3 rings (SSSR count). The number of terminal acetylenes is 1. The molecule has 9 heteroatoms. The van der Waals surface area contributed by atoms with E-state index in [1.807, 2.05) is 0 Å². The van der Waals surface area contributed by atoms with Crippen LogP contribution in [0.25, 0.3) is 5.69 Å². The predicted octanol–water partition coefficient (Wildman–Crippen LogP) is 3.84. The molecule has 0 aliphatic carbocycles. The van der Waals surface area contributed by atoms with Crippen molar-refractivity contribution < 1.29 is 14.1 Å². The molecule has 2 aromatic carbocycles. The summed E-state index contributed by atoms with van der Waals surface area (Å²) in [6.07, 6.45) is 5.18. The predicted molar refractivity (Wildman–Crippen MR) is 107 cm³/mol. The van der Waals surface area contributed by atoms with Crippen molar-refractivity contribution in [2.75, 3.05) is 13.2 Å². The summed E-state index contributed by atoms with van der Waals surface area (Å²) in [6, 6.07) is 12.9. The highest BCUT2D eigenvalue weighted by atomic mass is 32.2. The van der Waals surface area contributed by atoms with Crippen LogP contribution in [-0.4, -0.2) is 32.8 Å². The number of aromatic nitrogens is 3. The SMILES string of the molecule is C#CCOc1ccc([C@H](C[N+](=O)[O-])Sc2nnc(C)n2-c2ccc(F)cc2)cc1. The van der Waals surface area contributed by atoms with E-state index < -0.39 is 5.25 Å². The summed E-state index contributed by atoms with van der Waals surface area (Å²) < 4.78 is 20.4. The van der Waals surface area contributed by atoms with Gasteiger partial charge in [-0.2, -0.15) is 0 Å². The van der Waals surface area contributed by atoms with E-state index in [4.69, 9.17) is 11.2 Å². The van der Waals surface area contributed by atoms with E-state index in [0.717, 1.165) is 5.56 Å². The van der Waals surface area contributed by atoms with Gasteiger partial charge in [-0.05, 0) is 48.9 Å². The first-order chi connectivity index (χ1) is 14.0. The van der Waals surface area contributed by atoms with Gasteiger partial charge in [0.1, 0.15) is 29.2 Å². The molecule has 0 spiro atoms. The van der Waals surface area contributed by atoms with Gasteiger partial charge in [0.05, 0.1) is 0 Å². The minimum absolute atomic E-state index is 0.145. The third kappa shape index (κ3) is 5.12. The Kier molecular flexibility index (Phi) is 6.46. The van der Waals surface area contributed by atoms with Crippen LogP contribution < -0.4 is 4.74 Å². The molecule has 0 N–H and O–H groups in total. The fourth-order valence-electron chi connectivity index (χ4n) is 2.68. The molecule has 1 heterocycles. The average Bonchev–Trinajstić information content (AvgIpc) is 3.07. The quantitative estimate of drug-likeness (QED) is 0.242. The van der Waals surface area contributed by atoms with Crippen molar-refractivity contribution in [3.05, 3.63) is 75.9 Å². The number of aryl methyl sites for hydroxylation is 1. The van der Waals surface area contributed by atoms with Crippen LogP contribution in [0.5, 0.6) is 5.75 Å². The summed E-state index contributed by atoms with van der Waals surface area (Å²) in [6.45, 7) is 1.61. The number of nitrogens with zero attached hydrogens (tertiary/aromatic N) is 4. The molecule has 1 atom stereocenters. The first-order valence-corrected chi connectivity index (χ1v) is 9.48. The van der Waals surface area contributed by atoms with E-state index in [2.05, 4.69) is 16.1 Å². The van der Waals surface area contributed by atoms with Crippen molar-refractivity contribution in [2.24, 2.45) is 0 Å². The van der Waals surface area contributed by atoms with Gasteiger partial charge in [-0.25, -0.2) is 4.39 Å². The van der Waals surface area contributed by atoms with Crippen LogP contribution in [0.3, 0.4) is 0 Å². The van der Waals surface area contributed by atoms with Gasteiger partial charge >= 0.3 is 0 Å². The summed E-state index contributed by atoms with van der Waals surface area (Å²) in [7, 11) is 0. The molecule has 0 aliphatic heterocycles.